The van der Waals surface area contributed by atoms with Crippen molar-refractivity contribution in [3.63, 3.8) is 0 Å². The Hall–Kier alpha value is -2.49. The molecule has 86 valence electrons. The molecule has 0 aliphatic heterocycles. The average molecular weight is 228 g/mol. The molecule has 0 radical (unpaired) electrons. The Morgan fingerprint density at radius 2 is 1.65 bits per heavy atom. The van der Waals surface area contributed by atoms with Crippen LogP contribution >= 0.6 is 0 Å². The van der Waals surface area contributed by atoms with Gasteiger partial charge in [0.2, 0.25) is 0 Å². The van der Waals surface area contributed by atoms with E-state index in [1.807, 2.05) is 6.07 Å². The van der Waals surface area contributed by atoms with Crippen LogP contribution in [0.5, 0.6) is 5.75 Å². The predicted octanol–water partition coefficient (Wildman–Crippen LogP) is 1.79. The maximum Gasteiger partial charge on any atom is 0.197 e. The molecule has 0 fully saturated rings. The minimum atomic E-state index is -0.295. The van der Waals surface area contributed by atoms with Crippen LogP contribution in [-0.2, 0) is 0 Å². The Morgan fingerprint density at radius 3 is 2.29 bits per heavy atom. The second kappa shape index (κ2) is 4.17. The van der Waals surface area contributed by atoms with Crippen LogP contribution in [0.2, 0.25) is 0 Å². The Kier molecular flexibility index (Phi) is 2.70. The highest BCUT2D eigenvalue weighted by molar-refractivity contribution is 6.15. The first-order chi connectivity index (χ1) is 8.11. The molecule has 2 aromatic carbocycles. The summed E-state index contributed by atoms with van der Waals surface area (Å²) in [5.74, 6) is -0.435. The van der Waals surface area contributed by atoms with Gasteiger partial charge in [-0.25, -0.2) is 0 Å². The van der Waals surface area contributed by atoms with Crippen molar-refractivity contribution < 1.29 is 9.90 Å². The molecule has 2 aromatic rings. The number of anilines is 2. The number of phenols is 1. The van der Waals surface area contributed by atoms with Gasteiger partial charge in [0.05, 0.1) is 11.3 Å². The molecule has 0 saturated heterocycles. The Labute approximate surface area is 98.5 Å². The second-order valence-corrected chi connectivity index (χ2v) is 3.66. The summed E-state index contributed by atoms with van der Waals surface area (Å²) in [7, 11) is 0. The molecule has 5 N–H and O–H groups in total. The average Bonchev–Trinajstić information content (AvgIpc) is 2.35. The number of aromatic hydroxyl groups is 1. The molecule has 0 unspecified atom stereocenters. The van der Waals surface area contributed by atoms with Crippen molar-refractivity contribution >= 4 is 17.2 Å². The number of phenolic OH excluding ortho intramolecular Hbond substituents is 1. The topological polar surface area (TPSA) is 89.3 Å². The SMILES string of the molecule is Nc1ccc(O)c(N)c1C(=O)c1ccccc1. The van der Waals surface area contributed by atoms with E-state index >= 15 is 0 Å². The monoisotopic (exact) mass is 228 g/mol. The molecule has 17 heavy (non-hydrogen) atoms. The van der Waals surface area contributed by atoms with Crippen molar-refractivity contribution in [2.24, 2.45) is 0 Å². The smallest absolute Gasteiger partial charge is 0.197 e. The molecule has 0 aliphatic carbocycles. The van der Waals surface area contributed by atoms with E-state index < -0.39 is 0 Å². The molecule has 0 aromatic heterocycles. The van der Waals surface area contributed by atoms with Crippen molar-refractivity contribution in [2.45, 2.75) is 0 Å². The molecule has 0 atom stereocenters. The fourth-order valence-corrected chi connectivity index (χ4v) is 1.61. The molecule has 2 rings (SSSR count). The van der Waals surface area contributed by atoms with Crippen LogP contribution in [0.15, 0.2) is 42.5 Å². The first-order valence-corrected chi connectivity index (χ1v) is 5.08. The zero-order valence-corrected chi connectivity index (χ0v) is 9.05. The van der Waals surface area contributed by atoms with Crippen LogP contribution < -0.4 is 11.5 Å². The lowest BCUT2D eigenvalue weighted by Crippen LogP contribution is -2.09. The van der Waals surface area contributed by atoms with Crippen molar-refractivity contribution in [1.82, 2.24) is 0 Å². The van der Waals surface area contributed by atoms with Crippen molar-refractivity contribution in [2.75, 3.05) is 11.5 Å². The van der Waals surface area contributed by atoms with Gasteiger partial charge in [-0.2, -0.15) is 0 Å². The highest BCUT2D eigenvalue weighted by Crippen LogP contribution is 2.30. The number of nitrogens with two attached hydrogens (primary N) is 2. The lowest BCUT2D eigenvalue weighted by atomic mass is 10.00. The van der Waals surface area contributed by atoms with E-state index in [2.05, 4.69) is 0 Å². The van der Waals surface area contributed by atoms with E-state index in [1.54, 1.807) is 24.3 Å². The highest BCUT2D eigenvalue weighted by atomic mass is 16.3. The molecular weight excluding hydrogens is 216 g/mol. The number of carbonyl (C=O) groups excluding carboxylic acids is 1. The van der Waals surface area contributed by atoms with Gasteiger partial charge in [-0.05, 0) is 12.1 Å². The van der Waals surface area contributed by atoms with Crippen LogP contribution in [0.25, 0.3) is 0 Å². The summed E-state index contributed by atoms with van der Waals surface area (Å²) in [6, 6.07) is 11.5. The summed E-state index contributed by atoms with van der Waals surface area (Å²) in [6.07, 6.45) is 0. The largest absolute Gasteiger partial charge is 0.506 e. The number of ketones is 1. The third-order valence-corrected chi connectivity index (χ3v) is 2.52. The fraction of sp³-hybridized carbons (Fsp3) is 0. The normalized spacial score (nSPS) is 10.1. The fourth-order valence-electron chi connectivity index (χ4n) is 1.61. The third kappa shape index (κ3) is 1.92. The number of benzene rings is 2. The van der Waals surface area contributed by atoms with Gasteiger partial charge in [-0.1, -0.05) is 30.3 Å². The molecule has 4 heteroatoms. The molecule has 0 amide bonds. The summed E-state index contributed by atoms with van der Waals surface area (Å²) < 4.78 is 0. The zero-order chi connectivity index (χ0) is 12.4. The van der Waals surface area contributed by atoms with Gasteiger partial charge in [-0.3, -0.25) is 4.79 Å². The number of rotatable bonds is 2. The van der Waals surface area contributed by atoms with Crippen LogP contribution in [0, 0.1) is 0 Å². The molecule has 0 bridgehead atoms. The van der Waals surface area contributed by atoms with Crippen LogP contribution in [0.4, 0.5) is 11.4 Å². The maximum absolute atomic E-state index is 12.2. The number of nitrogen functional groups attached to an aromatic ring is 2. The van der Waals surface area contributed by atoms with Gasteiger partial charge in [0.1, 0.15) is 5.75 Å². The summed E-state index contributed by atoms with van der Waals surface area (Å²) in [4.78, 5) is 12.2. The second-order valence-electron chi connectivity index (χ2n) is 3.66. The summed E-state index contributed by atoms with van der Waals surface area (Å²) in [5.41, 5.74) is 12.3. The maximum atomic E-state index is 12.2. The van der Waals surface area contributed by atoms with Gasteiger partial charge in [0.25, 0.3) is 0 Å². The van der Waals surface area contributed by atoms with E-state index in [0.29, 0.717) is 5.56 Å². The van der Waals surface area contributed by atoms with Gasteiger partial charge in [-0.15, -0.1) is 0 Å². The Balaban J connectivity index is 2.56. The van der Waals surface area contributed by atoms with E-state index in [1.165, 1.54) is 12.1 Å². The molecule has 0 heterocycles. The van der Waals surface area contributed by atoms with Gasteiger partial charge < -0.3 is 16.6 Å². The van der Waals surface area contributed by atoms with E-state index in [0.717, 1.165) is 0 Å². The van der Waals surface area contributed by atoms with Crippen LogP contribution in [0.3, 0.4) is 0 Å². The highest BCUT2D eigenvalue weighted by Gasteiger charge is 2.17. The van der Waals surface area contributed by atoms with E-state index in [9.17, 15) is 9.90 Å². The van der Waals surface area contributed by atoms with Crippen molar-refractivity contribution in [3.05, 3.63) is 53.6 Å². The Morgan fingerprint density at radius 1 is 1.00 bits per heavy atom. The zero-order valence-electron chi connectivity index (χ0n) is 9.05. The quantitative estimate of drug-likeness (QED) is 0.316. The molecule has 4 nitrogen and oxygen atoms in total. The van der Waals surface area contributed by atoms with Crippen molar-refractivity contribution in [3.8, 4) is 5.75 Å². The molecular formula is C13H12N2O2. The predicted molar refractivity (Wildman–Crippen MR) is 66.8 cm³/mol. The first kappa shape index (κ1) is 11.0. The van der Waals surface area contributed by atoms with E-state index in [4.69, 9.17) is 11.5 Å². The van der Waals surface area contributed by atoms with Gasteiger partial charge in [0.15, 0.2) is 5.78 Å². The van der Waals surface area contributed by atoms with Crippen molar-refractivity contribution in [1.29, 1.82) is 0 Å². The lowest BCUT2D eigenvalue weighted by molar-refractivity contribution is 0.104. The summed E-state index contributed by atoms with van der Waals surface area (Å²) >= 11 is 0. The number of carbonyl (C=O) groups is 1. The lowest BCUT2D eigenvalue weighted by Gasteiger charge is -2.09. The first-order valence-electron chi connectivity index (χ1n) is 5.08. The third-order valence-electron chi connectivity index (χ3n) is 2.52. The minimum absolute atomic E-state index is 0.0128. The van der Waals surface area contributed by atoms with Crippen LogP contribution in [0.1, 0.15) is 15.9 Å². The Bertz CT molecular complexity index is 565. The van der Waals surface area contributed by atoms with E-state index in [-0.39, 0.29) is 28.5 Å². The summed E-state index contributed by atoms with van der Waals surface area (Å²) in [5, 5.41) is 9.49. The molecule has 0 saturated carbocycles. The number of hydrogen-bond acceptors (Lipinski definition) is 4. The molecule has 0 aliphatic rings. The van der Waals surface area contributed by atoms with Gasteiger partial charge >= 0.3 is 0 Å². The standard InChI is InChI=1S/C13H12N2O2/c14-9-6-7-10(16)12(15)11(9)13(17)8-4-2-1-3-5-8/h1-7,16H,14-15H2. The summed E-state index contributed by atoms with van der Waals surface area (Å²) in [6.45, 7) is 0. The van der Waals surface area contributed by atoms with Crippen LogP contribution in [-0.4, -0.2) is 10.9 Å². The van der Waals surface area contributed by atoms with Gasteiger partial charge in [0, 0.05) is 11.3 Å². The molecule has 0 spiro atoms. The minimum Gasteiger partial charge on any atom is -0.506 e. The number of hydrogen-bond donors (Lipinski definition) is 3.